The number of anilines is 2. The lowest BCUT2D eigenvalue weighted by Crippen LogP contribution is -2.17. The van der Waals surface area contributed by atoms with Gasteiger partial charge < -0.3 is 9.64 Å². The molecule has 0 bridgehead atoms. The summed E-state index contributed by atoms with van der Waals surface area (Å²) in [6.45, 7) is 2.09. The molecule has 0 unspecified atom stereocenters. The van der Waals surface area contributed by atoms with Gasteiger partial charge in [-0.3, -0.25) is 10.1 Å². The maximum atomic E-state index is 13.2. The van der Waals surface area contributed by atoms with E-state index in [4.69, 9.17) is 4.74 Å². The Kier molecular flexibility index (Phi) is 6.54. The first-order valence-electron chi connectivity index (χ1n) is 8.29. The number of benzene rings is 1. The number of nitro groups is 1. The minimum Gasteiger partial charge on any atom is -0.477 e. The lowest BCUT2D eigenvalue weighted by molar-refractivity contribution is -0.384. The Morgan fingerprint density at radius 1 is 1.22 bits per heavy atom. The van der Waals surface area contributed by atoms with Crippen LogP contribution in [0.25, 0.3) is 0 Å². The Balaban J connectivity index is 2.28. The summed E-state index contributed by atoms with van der Waals surface area (Å²) in [5, 5.41) is 10.7. The van der Waals surface area contributed by atoms with Gasteiger partial charge in [0.2, 0.25) is 11.8 Å². The number of hydrogen-bond acceptors (Lipinski definition) is 6. The van der Waals surface area contributed by atoms with Gasteiger partial charge in [0.1, 0.15) is 5.56 Å². The van der Waals surface area contributed by atoms with Crippen LogP contribution in [0.2, 0.25) is 0 Å². The van der Waals surface area contributed by atoms with Crippen LogP contribution in [0.15, 0.2) is 30.5 Å². The Morgan fingerprint density at radius 2 is 1.89 bits per heavy atom. The average molecular weight is 384 g/mol. The SMILES string of the molecule is CCCCCOc1nc(N(C)c2ccc([N+](=O)[O-])cc2)ncc1C(F)(F)F. The number of alkyl halides is 3. The van der Waals surface area contributed by atoms with Gasteiger partial charge >= 0.3 is 6.18 Å². The highest BCUT2D eigenvalue weighted by Gasteiger charge is 2.36. The Morgan fingerprint density at radius 3 is 2.44 bits per heavy atom. The zero-order chi connectivity index (χ0) is 20.0. The minimum atomic E-state index is -4.63. The molecule has 0 spiro atoms. The number of ether oxygens (including phenoxy) is 1. The molecule has 0 amide bonds. The zero-order valence-corrected chi connectivity index (χ0v) is 14.9. The van der Waals surface area contributed by atoms with Crippen molar-refractivity contribution in [2.24, 2.45) is 0 Å². The molecule has 0 aliphatic rings. The van der Waals surface area contributed by atoms with Gasteiger partial charge in [-0.2, -0.15) is 18.2 Å². The monoisotopic (exact) mass is 384 g/mol. The summed E-state index contributed by atoms with van der Waals surface area (Å²) < 4.78 is 44.7. The smallest absolute Gasteiger partial charge is 0.423 e. The second-order valence-electron chi connectivity index (χ2n) is 5.77. The van der Waals surface area contributed by atoms with E-state index in [2.05, 4.69) is 9.97 Å². The fraction of sp³-hybridized carbons (Fsp3) is 0.412. The summed E-state index contributed by atoms with van der Waals surface area (Å²) in [6, 6.07) is 5.50. The van der Waals surface area contributed by atoms with Crippen LogP contribution in [0.1, 0.15) is 31.7 Å². The number of halogens is 3. The number of unbranched alkanes of at least 4 members (excludes halogenated alkanes) is 2. The molecule has 1 aromatic heterocycles. The molecule has 0 atom stereocenters. The van der Waals surface area contributed by atoms with E-state index in [0.717, 1.165) is 12.8 Å². The molecular weight excluding hydrogens is 365 g/mol. The van der Waals surface area contributed by atoms with Crippen molar-refractivity contribution in [2.45, 2.75) is 32.4 Å². The van der Waals surface area contributed by atoms with Crippen molar-refractivity contribution in [1.29, 1.82) is 0 Å². The van der Waals surface area contributed by atoms with Crippen LogP contribution in [0.3, 0.4) is 0 Å². The van der Waals surface area contributed by atoms with E-state index in [0.29, 0.717) is 18.3 Å². The number of hydrogen-bond donors (Lipinski definition) is 0. The lowest BCUT2D eigenvalue weighted by atomic mass is 10.2. The highest BCUT2D eigenvalue weighted by Crippen LogP contribution is 2.36. The lowest BCUT2D eigenvalue weighted by Gasteiger charge is -2.19. The summed E-state index contributed by atoms with van der Waals surface area (Å²) >= 11 is 0. The van der Waals surface area contributed by atoms with Gasteiger partial charge in [0.15, 0.2) is 0 Å². The van der Waals surface area contributed by atoms with Crippen LogP contribution in [0.5, 0.6) is 5.88 Å². The highest BCUT2D eigenvalue weighted by atomic mass is 19.4. The van der Waals surface area contributed by atoms with E-state index in [1.165, 1.54) is 29.2 Å². The Bertz CT molecular complexity index is 782. The van der Waals surface area contributed by atoms with Crippen molar-refractivity contribution in [3.8, 4) is 5.88 Å². The van der Waals surface area contributed by atoms with Gasteiger partial charge in [0, 0.05) is 31.1 Å². The maximum absolute atomic E-state index is 13.2. The van der Waals surface area contributed by atoms with E-state index in [-0.39, 0.29) is 18.2 Å². The number of aromatic nitrogens is 2. The molecule has 2 rings (SSSR count). The van der Waals surface area contributed by atoms with Crippen LogP contribution < -0.4 is 9.64 Å². The largest absolute Gasteiger partial charge is 0.477 e. The molecule has 1 heterocycles. The zero-order valence-electron chi connectivity index (χ0n) is 14.9. The molecule has 0 saturated heterocycles. The summed E-state index contributed by atoms with van der Waals surface area (Å²) in [6.07, 6.45) is -1.59. The first-order chi connectivity index (χ1) is 12.7. The molecule has 27 heavy (non-hydrogen) atoms. The first-order valence-corrected chi connectivity index (χ1v) is 8.29. The van der Waals surface area contributed by atoms with Crippen molar-refractivity contribution in [3.05, 3.63) is 46.1 Å². The minimum absolute atomic E-state index is 0.0117. The van der Waals surface area contributed by atoms with Crippen molar-refractivity contribution in [2.75, 3.05) is 18.6 Å². The molecule has 7 nitrogen and oxygen atoms in total. The standard InChI is InChI=1S/C17H19F3N4O3/c1-3-4-5-10-27-15-14(17(18,19)20)11-21-16(22-15)23(2)12-6-8-13(9-7-12)24(25)26/h6-9,11H,3-5,10H2,1-2H3. The van der Waals surface area contributed by atoms with Gasteiger partial charge in [-0.25, -0.2) is 4.98 Å². The third-order valence-electron chi connectivity index (χ3n) is 3.78. The summed E-state index contributed by atoms with van der Waals surface area (Å²) in [5.41, 5.74) is -0.655. The molecule has 1 aromatic carbocycles. The van der Waals surface area contributed by atoms with Crippen LogP contribution >= 0.6 is 0 Å². The first kappa shape index (κ1) is 20.4. The molecule has 146 valence electrons. The third-order valence-corrected chi connectivity index (χ3v) is 3.78. The fourth-order valence-corrected chi connectivity index (χ4v) is 2.26. The second-order valence-corrected chi connectivity index (χ2v) is 5.77. The molecule has 10 heteroatoms. The van der Waals surface area contributed by atoms with Gasteiger partial charge in [0.25, 0.3) is 5.69 Å². The van der Waals surface area contributed by atoms with Gasteiger partial charge in [-0.05, 0) is 18.6 Å². The quantitative estimate of drug-likeness (QED) is 0.371. The number of rotatable bonds is 8. The third kappa shape index (κ3) is 5.28. The summed E-state index contributed by atoms with van der Waals surface area (Å²) in [5.74, 6) is -0.542. The maximum Gasteiger partial charge on any atom is 0.423 e. The predicted molar refractivity (Wildman–Crippen MR) is 93.2 cm³/mol. The molecule has 0 saturated carbocycles. The van der Waals surface area contributed by atoms with Gasteiger partial charge in [-0.15, -0.1) is 0 Å². The Hall–Kier alpha value is -2.91. The van der Waals surface area contributed by atoms with E-state index in [1.54, 1.807) is 7.05 Å². The summed E-state index contributed by atoms with van der Waals surface area (Å²) in [7, 11) is 1.55. The van der Waals surface area contributed by atoms with Crippen LogP contribution in [-0.4, -0.2) is 28.5 Å². The average Bonchev–Trinajstić information content (AvgIpc) is 2.63. The normalized spacial score (nSPS) is 11.3. The van der Waals surface area contributed by atoms with Crippen molar-refractivity contribution in [1.82, 2.24) is 9.97 Å². The Labute approximate surface area is 154 Å². The van der Waals surface area contributed by atoms with Crippen molar-refractivity contribution in [3.63, 3.8) is 0 Å². The molecule has 2 aromatic rings. The van der Waals surface area contributed by atoms with Crippen LogP contribution in [-0.2, 0) is 6.18 Å². The van der Waals surface area contributed by atoms with Crippen LogP contribution in [0, 0.1) is 10.1 Å². The van der Waals surface area contributed by atoms with E-state index >= 15 is 0 Å². The molecule has 0 radical (unpaired) electrons. The topological polar surface area (TPSA) is 81.4 Å². The number of non-ortho nitro benzene ring substituents is 1. The van der Waals surface area contributed by atoms with Crippen molar-refractivity contribution < 1.29 is 22.8 Å². The molecular formula is C17H19F3N4O3. The van der Waals surface area contributed by atoms with E-state index < -0.39 is 22.5 Å². The molecule has 0 aliphatic carbocycles. The fourth-order valence-electron chi connectivity index (χ4n) is 2.26. The van der Waals surface area contributed by atoms with Gasteiger partial charge in [0.05, 0.1) is 11.5 Å². The second kappa shape index (κ2) is 8.65. The van der Waals surface area contributed by atoms with Crippen LogP contribution in [0.4, 0.5) is 30.5 Å². The molecule has 0 fully saturated rings. The van der Waals surface area contributed by atoms with E-state index in [9.17, 15) is 23.3 Å². The number of nitrogens with zero attached hydrogens (tertiary/aromatic N) is 4. The van der Waals surface area contributed by atoms with Crippen molar-refractivity contribution >= 4 is 17.3 Å². The highest BCUT2D eigenvalue weighted by molar-refractivity contribution is 5.58. The predicted octanol–water partition coefficient (Wildman–Crippen LogP) is 4.74. The molecule has 0 aliphatic heterocycles. The van der Waals surface area contributed by atoms with Gasteiger partial charge in [-0.1, -0.05) is 19.8 Å². The molecule has 0 N–H and O–H groups in total. The number of nitro benzene ring substituents is 1. The summed E-state index contributed by atoms with van der Waals surface area (Å²) in [4.78, 5) is 19.3. The van der Waals surface area contributed by atoms with E-state index in [1.807, 2.05) is 6.92 Å².